The van der Waals surface area contributed by atoms with Gasteiger partial charge >= 0.3 is 5.97 Å². The molecule has 8 N–H and O–H groups in total. The zero-order valence-electron chi connectivity index (χ0n) is 27.0. The highest BCUT2D eigenvalue weighted by atomic mass is 16.4. The minimum absolute atomic E-state index is 0.0838. The normalized spacial score (nSPS) is 14.5. The molecule has 2 aromatic heterocycles. The lowest BCUT2D eigenvalue weighted by Gasteiger charge is -2.26. The van der Waals surface area contributed by atoms with Crippen molar-refractivity contribution in [2.24, 2.45) is 11.7 Å². The van der Waals surface area contributed by atoms with E-state index in [4.69, 9.17) is 5.73 Å². The number of carboxylic acids is 1. The molecule has 0 spiro atoms. The summed E-state index contributed by atoms with van der Waals surface area (Å²) in [6.45, 7) is 3.59. The Morgan fingerprint density at radius 3 is 1.77 bits per heavy atom. The second kappa shape index (κ2) is 15.4. The van der Waals surface area contributed by atoms with E-state index < -0.39 is 47.9 Å². The van der Waals surface area contributed by atoms with E-state index in [9.17, 15) is 24.3 Å². The van der Waals surface area contributed by atoms with Gasteiger partial charge < -0.3 is 36.8 Å². The van der Waals surface area contributed by atoms with Gasteiger partial charge in [0.2, 0.25) is 17.7 Å². The summed E-state index contributed by atoms with van der Waals surface area (Å²) in [5.74, 6) is -3.26. The predicted octanol–water partition coefficient (Wildman–Crippen LogP) is 3.59. The number of nitrogens with one attached hydrogen (secondary N) is 5. The zero-order chi connectivity index (χ0) is 34.2. The molecule has 5 atom stereocenters. The van der Waals surface area contributed by atoms with Gasteiger partial charge in [0.1, 0.15) is 18.1 Å². The molecule has 0 saturated heterocycles. The van der Waals surface area contributed by atoms with E-state index in [1.807, 2.05) is 92.0 Å². The van der Waals surface area contributed by atoms with Gasteiger partial charge in [0, 0.05) is 47.0 Å². The third-order valence-corrected chi connectivity index (χ3v) is 8.88. The number of carbonyl (C=O) groups excluding carboxylic acids is 3. The number of hydrogen-bond acceptors (Lipinski definition) is 5. The van der Waals surface area contributed by atoms with Crippen LogP contribution in [0.5, 0.6) is 0 Å². The molecule has 250 valence electrons. The van der Waals surface area contributed by atoms with Gasteiger partial charge in [0.25, 0.3) is 0 Å². The molecule has 0 aliphatic heterocycles. The lowest BCUT2D eigenvalue weighted by atomic mass is 9.97. The summed E-state index contributed by atoms with van der Waals surface area (Å²) in [5, 5.41) is 20.0. The van der Waals surface area contributed by atoms with Gasteiger partial charge in [-0.05, 0) is 41.2 Å². The topological polar surface area (TPSA) is 182 Å². The van der Waals surface area contributed by atoms with E-state index >= 15 is 0 Å². The van der Waals surface area contributed by atoms with Gasteiger partial charge in [-0.3, -0.25) is 14.4 Å². The Morgan fingerprint density at radius 2 is 1.19 bits per heavy atom. The maximum Gasteiger partial charge on any atom is 0.326 e. The Balaban J connectivity index is 1.39. The van der Waals surface area contributed by atoms with Crippen molar-refractivity contribution in [3.05, 3.63) is 108 Å². The van der Waals surface area contributed by atoms with E-state index in [0.29, 0.717) is 6.42 Å². The molecule has 5 aromatic rings. The van der Waals surface area contributed by atoms with Gasteiger partial charge in [-0.15, -0.1) is 0 Å². The Kier molecular flexibility index (Phi) is 10.9. The van der Waals surface area contributed by atoms with Crippen molar-refractivity contribution in [2.75, 3.05) is 0 Å². The summed E-state index contributed by atoms with van der Waals surface area (Å²) >= 11 is 0. The third kappa shape index (κ3) is 8.10. The number of H-pyrrole nitrogens is 2. The van der Waals surface area contributed by atoms with Crippen molar-refractivity contribution in [1.82, 2.24) is 25.9 Å². The molecule has 0 aliphatic rings. The Bertz CT molecular complexity index is 1880. The molecule has 11 heteroatoms. The van der Waals surface area contributed by atoms with E-state index in [0.717, 1.165) is 38.5 Å². The fourth-order valence-corrected chi connectivity index (χ4v) is 5.91. The number of carbonyl (C=O) groups is 4. The standard InChI is InChI=1S/C37H42N6O5/c1-3-22(2)33(37(47)48)43-36(46)32(19-25-21-40-30-16-10-8-14-27(25)30)42-35(45)31(17-23-11-5-4-6-12-23)41-34(44)28(38)18-24-20-39-29-15-9-7-13-26(24)29/h4-16,20-22,28,31-33,39-40H,3,17-19,38H2,1-2H3,(H,41,44)(H,42,45)(H,43,46)(H,47,48). The quantitative estimate of drug-likeness (QED) is 0.0909. The van der Waals surface area contributed by atoms with Gasteiger partial charge in [-0.25, -0.2) is 4.79 Å². The van der Waals surface area contributed by atoms with Crippen molar-refractivity contribution in [2.45, 2.75) is 63.7 Å². The van der Waals surface area contributed by atoms with Gasteiger partial charge in [0.05, 0.1) is 6.04 Å². The van der Waals surface area contributed by atoms with Crippen LogP contribution in [0.2, 0.25) is 0 Å². The molecule has 11 nitrogen and oxygen atoms in total. The number of benzene rings is 3. The monoisotopic (exact) mass is 650 g/mol. The van der Waals surface area contributed by atoms with Gasteiger partial charge in [-0.2, -0.15) is 0 Å². The van der Waals surface area contributed by atoms with Crippen molar-refractivity contribution in [3.8, 4) is 0 Å². The van der Waals surface area contributed by atoms with Crippen molar-refractivity contribution in [3.63, 3.8) is 0 Å². The van der Waals surface area contributed by atoms with E-state index in [2.05, 4.69) is 25.9 Å². The van der Waals surface area contributed by atoms with E-state index in [1.54, 1.807) is 13.1 Å². The van der Waals surface area contributed by atoms with Crippen LogP contribution in [-0.4, -0.2) is 62.9 Å². The molecule has 2 heterocycles. The van der Waals surface area contributed by atoms with Crippen LogP contribution in [0, 0.1) is 5.92 Å². The molecule has 0 radical (unpaired) electrons. The number of fused-ring (bicyclic) bond motifs is 2. The first-order valence-electron chi connectivity index (χ1n) is 16.2. The number of carboxylic acid groups (broad SMARTS) is 1. The molecule has 5 rings (SSSR count). The molecule has 0 aliphatic carbocycles. The molecule has 5 unspecified atom stereocenters. The smallest absolute Gasteiger partial charge is 0.326 e. The van der Waals surface area contributed by atoms with Crippen LogP contribution in [0.1, 0.15) is 37.0 Å². The van der Waals surface area contributed by atoms with Crippen molar-refractivity contribution >= 4 is 45.5 Å². The number of amides is 3. The SMILES string of the molecule is CCC(C)C(NC(=O)C(Cc1c[nH]c2ccccc12)NC(=O)C(Cc1ccccc1)NC(=O)C(N)Cc1c[nH]c2ccccc12)C(=O)O. The number of aliphatic carboxylic acids is 1. The van der Waals surface area contributed by atoms with Gasteiger partial charge in [-0.1, -0.05) is 87.0 Å². The maximum absolute atomic E-state index is 14.0. The first kappa shape index (κ1) is 33.9. The lowest BCUT2D eigenvalue weighted by molar-refractivity contribution is -0.143. The number of hydrogen-bond donors (Lipinski definition) is 7. The predicted molar refractivity (Wildman–Crippen MR) is 185 cm³/mol. The van der Waals surface area contributed by atoms with Gasteiger partial charge in [0.15, 0.2) is 0 Å². The molecule has 0 bridgehead atoms. The van der Waals surface area contributed by atoms with E-state index in [1.165, 1.54) is 0 Å². The van der Waals surface area contributed by atoms with Crippen LogP contribution < -0.4 is 21.7 Å². The molecule has 0 fully saturated rings. The average Bonchev–Trinajstić information content (AvgIpc) is 3.70. The molecule has 3 amide bonds. The summed E-state index contributed by atoms with van der Waals surface area (Å²) in [6, 6.07) is 20.2. The average molecular weight is 651 g/mol. The number of aromatic nitrogens is 2. The third-order valence-electron chi connectivity index (χ3n) is 8.88. The molecular formula is C37H42N6O5. The summed E-state index contributed by atoms with van der Waals surface area (Å²) in [5.41, 5.74) is 10.6. The van der Waals surface area contributed by atoms with Crippen LogP contribution in [0.25, 0.3) is 21.8 Å². The fourth-order valence-electron chi connectivity index (χ4n) is 5.91. The molecular weight excluding hydrogens is 608 g/mol. The summed E-state index contributed by atoms with van der Waals surface area (Å²) in [7, 11) is 0. The number of rotatable bonds is 15. The van der Waals surface area contributed by atoms with Crippen LogP contribution in [-0.2, 0) is 38.4 Å². The molecule has 0 saturated carbocycles. The molecule has 48 heavy (non-hydrogen) atoms. The van der Waals surface area contributed by atoms with Crippen LogP contribution in [0.15, 0.2) is 91.3 Å². The zero-order valence-corrected chi connectivity index (χ0v) is 27.0. The van der Waals surface area contributed by atoms with Crippen LogP contribution >= 0.6 is 0 Å². The number of aromatic amines is 2. The van der Waals surface area contributed by atoms with Crippen LogP contribution in [0.4, 0.5) is 0 Å². The van der Waals surface area contributed by atoms with E-state index in [-0.39, 0.29) is 25.2 Å². The summed E-state index contributed by atoms with van der Waals surface area (Å²) in [4.78, 5) is 59.7. The van der Waals surface area contributed by atoms with Crippen molar-refractivity contribution in [1.29, 1.82) is 0 Å². The minimum Gasteiger partial charge on any atom is -0.480 e. The number of para-hydroxylation sites is 2. The summed E-state index contributed by atoms with van der Waals surface area (Å²) in [6.07, 6.45) is 4.59. The highest BCUT2D eigenvalue weighted by Crippen LogP contribution is 2.21. The minimum atomic E-state index is -1.16. The van der Waals surface area contributed by atoms with Crippen LogP contribution in [0.3, 0.4) is 0 Å². The Hall–Kier alpha value is -5.42. The fraction of sp³-hybridized carbons (Fsp3) is 0.297. The Labute approximate surface area is 278 Å². The first-order valence-corrected chi connectivity index (χ1v) is 16.2. The molecule has 3 aromatic carbocycles. The second-order valence-corrected chi connectivity index (χ2v) is 12.3. The largest absolute Gasteiger partial charge is 0.480 e. The first-order chi connectivity index (χ1) is 23.1. The van der Waals surface area contributed by atoms with Crippen molar-refractivity contribution < 1.29 is 24.3 Å². The lowest BCUT2D eigenvalue weighted by Crippen LogP contribution is -2.58. The highest BCUT2D eigenvalue weighted by molar-refractivity contribution is 5.95. The maximum atomic E-state index is 14.0. The number of nitrogens with two attached hydrogens (primary N) is 1. The summed E-state index contributed by atoms with van der Waals surface area (Å²) < 4.78 is 0. The Morgan fingerprint density at radius 1 is 0.688 bits per heavy atom. The second-order valence-electron chi connectivity index (χ2n) is 12.3. The highest BCUT2D eigenvalue weighted by Gasteiger charge is 2.33.